The highest BCUT2D eigenvalue weighted by Gasteiger charge is 2.00. The molecule has 0 atom stereocenters. The summed E-state index contributed by atoms with van der Waals surface area (Å²) >= 11 is 4.88. The average Bonchev–Trinajstić information content (AvgIpc) is 2.64. The van der Waals surface area contributed by atoms with Gasteiger partial charge < -0.3 is 9.84 Å². The van der Waals surface area contributed by atoms with Crippen LogP contribution in [0.5, 0.6) is 11.5 Å². The lowest BCUT2D eigenvalue weighted by Crippen LogP contribution is -1.93. The van der Waals surface area contributed by atoms with Gasteiger partial charge in [-0.3, -0.25) is 0 Å². The maximum absolute atomic E-state index is 9.07. The van der Waals surface area contributed by atoms with Crippen LogP contribution >= 0.6 is 27.3 Å². The number of thiazole rings is 1. The van der Waals surface area contributed by atoms with Crippen molar-refractivity contribution in [3.63, 3.8) is 0 Å². The number of phenolic OH excluding ortho intramolecular Hbond substituents is 1. The molecule has 0 aliphatic carbocycles. The standard InChI is InChI=1S/C10H8BrNO2S/c11-9-5-12-10(15-9)6-14-8-3-1-7(13)2-4-8/h1-5,13H,6H2. The maximum Gasteiger partial charge on any atom is 0.140 e. The second-order valence-electron chi connectivity index (χ2n) is 2.84. The Labute approximate surface area is 99.5 Å². The summed E-state index contributed by atoms with van der Waals surface area (Å²) in [6.07, 6.45) is 1.75. The van der Waals surface area contributed by atoms with E-state index in [-0.39, 0.29) is 5.75 Å². The Morgan fingerprint density at radius 1 is 1.33 bits per heavy atom. The number of rotatable bonds is 3. The molecule has 2 rings (SSSR count). The zero-order chi connectivity index (χ0) is 10.7. The monoisotopic (exact) mass is 285 g/mol. The minimum atomic E-state index is 0.236. The molecule has 1 aromatic heterocycles. The van der Waals surface area contributed by atoms with Crippen LogP contribution in [0.3, 0.4) is 0 Å². The van der Waals surface area contributed by atoms with E-state index in [1.807, 2.05) is 0 Å². The fourth-order valence-electron chi connectivity index (χ4n) is 1.04. The SMILES string of the molecule is Oc1ccc(OCc2ncc(Br)s2)cc1. The van der Waals surface area contributed by atoms with Crippen molar-refractivity contribution < 1.29 is 9.84 Å². The smallest absolute Gasteiger partial charge is 0.140 e. The van der Waals surface area contributed by atoms with Crippen LogP contribution < -0.4 is 4.74 Å². The second kappa shape index (κ2) is 4.63. The Kier molecular flexibility index (Phi) is 3.23. The second-order valence-corrected chi connectivity index (χ2v) is 5.34. The molecule has 15 heavy (non-hydrogen) atoms. The van der Waals surface area contributed by atoms with E-state index in [0.717, 1.165) is 14.5 Å². The van der Waals surface area contributed by atoms with E-state index < -0.39 is 0 Å². The lowest BCUT2D eigenvalue weighted by Gasteiger charge is -2.03. The van der Waals surface area contributed by atoms with Crippen molar-refractivity contribution in [3.8, 4) is 11.5 Å². The number of aromatic nitrogens is 1. The van der Waals surface area contributed by atoms with E-state index in [1.54, 1.807) is 41.8 Å². The van der Waals surface area contributed by atoms with Crippen molar-refractivity contribution in [3.05, 3.63) is 39.3 Å². The molecule has 5 heteroatoms. The summed E-state index contributed by atoms with van der Waals surface area (Å²) in [7, 11) is 0. The van der Waals surface area contributed by atoms with Crippen LogP contribution in [0.4, 0.5) is 0 Å². The number of aromatic hydroxyl groups is 1. The molecule has 0 amide bonds. The first-order valence-corrected chi connectivity index (χ1v) is 5.87. The molecule has 0 aliphatic rings. The van der Waals surface area contributed by atoms with Crippen LogP contribution in [0.2, 0.25) is 0 Å². The molecule has 1 aromatic carbocycles. The first kappa shape index (κ1) is 10.4. The van der Waals surface area contributed by atoms with Crippen molar-refractivity contribution >= 4 is 27.3 Å². The largest absolute Gasteiger partial charge is 0.508 e. The third-order valence-corrected chi connectivity index (χ3v) is 3.17. The molecule has 0 saturated carbocycles. The van der Waals surface area contributed by atoms with Gasteiger partial charge in [0.25, 0.3) is 0 Å². The minimum absolute atomic E-state index is 0.236. The molecule has 78 valence electrons. The summed E-state index contributed by atoms with van der Waals surface area (Å²) in [6.45, 7) is 0.445. The summed E-state index contributed by atoms with van der Waals surface area (Å²) in [6, 6.07) is 6.62. The van der Waals surface area contributed by atoms with Crippen LogP contribution in [0.1, 0.15) is 5.01 Å². The van der Waals surface area contributed by atoms with Gasteiger partial charge in [-0.1, -0.05) is 0 Å². The summed E-state index contributed by atoms with van der Waals surface area (Å²) in [5, 5.41) is 9.99. The Bertz CT molecular complexity index is 441. The highest BCUT2D eigenvalue weighted by molar-refractivity contribution is 9.11. The molecule has 0 radical (unpaired) electrons. The van der Waals surface area contributed by atoms with E-state index in [1.165, 1.54) is 0 Å². The Morgan fingerprint density at radius 2 is 2.07 bits per heavy atom. The van der Waals surface area contributed by atoms with E-state index in [9.17, 15) is 0 Å². The summed E-state index contributed by atoms with van der Waals surface area (Å²) in [4.78, 5) is 4.15. The Balaban J connectivity index is 1.96. The lowest BCUT2D eigenvalue weighted by molar-refractivity contribution is 0.305. The Hall–Kier alpha value is -1.07. The molecule has 0 bridgehead atoms. The van der Waals surface area contributed by atoms with E-state index >= 15 is 0 Å². The fraction of sp³-hybridized carbons (Fsp3) is 0.100. The number of halogens is 1. The van der Waals surface area contributed by atoms with E-state index in [4.69, 9.17) is 9.84 Å². The molecule has 1 N–H and O–H groups in total. The van der Waals surface area contributed by atoms with Gasteiger partial charge >= 0.3 is 0 Å². The average molecular weight is 286 g/mol. The first-order valence-electron chi connectivity index (χ1n) is 4.26. The number of hydrogen-bond donors (Lipinski definition) is 1. The number of hydrogen-bond acceptors (Lipinski definition) is 4. The lowest BCUT2D eigenvalue weighted by atomic mass is 10.3. The van der Waals surface area contributed by atoms with Gasteiger partial charge in [-0.25, -0.2) is 4.98 Å². The predicted octanol–water partition coefficient (Wildman–Crippen LogP) is 3.19. The highest BCUT2D eigenvalue weighted by Crippen LogP contribution is 2.21. The van der Waals surface area contributed by atoms with Crippen LogP contribution in [-0.2, 0) is 6.61 Å². The molecule has 3 nitrogen and oxygen atoms in total. The molecule has 0 unspecified atom stereocenters. The number of benzene rings is 1. The highest BCUT2D eigenvalue weighted by atomic mass is 79.9. The van der Waals surface area contributed by atoms with Crippen LogP contribution in [0.25, 0.3) is 0 Å². The number of nitrogens with zero attached hydrogens (tertiary/aromatic N) is 1. The summed E-state index contributed by atoms with van der Waals surface area (Å²) in [5.41, 5.74) is 0. The van der Waals surface area contributed by atoms with Crippen molar-refractivity contribution in [2.45, 2.75) is 6.61 Å². The molecule has 1 heterocycles. The molecular weight excluding hydrogens is 278 g/mol. The van der Waals surface area contributed by atoms with Gasteiger partial charge in [-0.05, 0) is 40.2 Å². The van der Waals surface area contributed by atoms with Crippen molar-refractivity contribution in [1.82, 2.24) is 4.98 Å². The molecule has 0 saturated heterocycles. The zero-order valence-electron chi connectivity index (χ0n) is 7.68. The van der Waals surface area contributed by atoms with Gasteiger partial charge in [-0.15, -0.1) is 11.3 Å². The molecule has 0 aliphatic heterocycles. The number of ether oxygens (including phenoxy) is 1. The maximum atomic E-state index is 9.07. The minimum Gasteiger partial charge on any atom is -0.508 e. The van der Waals surface area contributed by atoms with Gasteiger partial charge in [0.1, 0.15) is 23.1 Å². The van der Waals surface area contributed by atoms with Gasteiger partial charge in [0.2, 0.25) is 0 Å². The van der Waals surface area contributed by atoms with Crippen LogP contribution in [0.15, 0.2) is 34.2 Å². The topological polar surface area (TPSA) is 42.4 Å². The normalized spacial score (nSPS) is 10.2. The molecule has 2 aromatic rings. The summed E-state index contributed by atoms with van der Waals surface area (Å²) in [5.74, 6) is 0.957. The van der Waals surface area contributed by atoms with Crippen LogP contribution in [0, 0.1) is 0 Å². The first-order chi connectivity index (χ1) is 7.24. The van der Waals surface area contributed by atoms with Crippen molar-refractivity contribution in [2.75, 3.05) is 0 Å². The third-order valence-electron chi connectivity index (χ3n) is 1.72. The zero-order valence-corrected chi connectivity index (χ0v) is 10.1. The van der Waals surface area contributed by atoms with Gasteiger partial charge in [0.05, 0.1) is 9.98 Å². The number of phenols is 1. The molecule has 0 fully saturated rings. The summed E-state index contributed by atoms with van der Waals surface area (Å²) < 4.78 is 6.47. The Morgan fingerprint density at radius 3 is 2.67 bits per heavy atom. The van der Waals surface area contributed by atoms with Crippen LogP contribution in [-0.4, -0.2) is 10.1 Å². The predicted molar refractivity (Wildman–Crippen MR) is 62.3 cm³/mol. The van der Waals surface area contributed by atoms with Crippen molar-refractivity contribution in [2.24, 2.45) is 0 Å². The fourth-order valence-corrected chi connectivity index (χ4v) is 2.26. The third kappa shape index (κ3) is 2.94. The quantitative estimate of drug-likeness (QED) is 0.942. The van der Waals surface area contributed by atoms with Gasteiger partial charge in [0.15, 0.2) is 0 Å². The van der Waals surface area contributed by atoms with Gasteiger partial charge in [0, 0.05) is 0 Å². The molecule has 0 spiro atoms. The van der Waals surface area contributed by atoms with E-state index in [0.29, 0.717) is 6.61 Å². The van der Waals surface area contributed by atoms with Crippen molar-refractivity contribution in [1.29, 1.82) is 0 Å². The van der Waals surface area contributed by atoms with E-state index in [2.05, 4.69) is 20.9 Å². The molecular formula is C10H8BrNO2S. The van der Waals surface area contributed by atoms with Gasteiger partial charge in [-0.2, -0.15) is 0 Å².